The van der Waals surface area contributed by atoms with Gasteiger partial charge in [0, 0.05) is 6.04 Å². The molecule has 0 saturated heterocycles. The smallest absolute Gasteiger partial charge is 0.404 e. The van der Waals surface area contributed by atoms with Crippen molar-refractivity contribution in [1.29, 1.82) is 0 Å². The molecule has 3 N–H and O–H groups in total. The standard InChI is InChI=1S/C9H15ClN2O3/c10-5-8(13)11-6-3-1-2-4-7(6)12-9(14)15/h6-7,12H,1-5H2,(H,11,13)(H,14,15). The van der Waals surface area contributed by atoms with Crippen LogP contribution in [0.5, 0.6) is 0 Å². The molecule has 0 aromatic carbocycles. The van der Waals surface area contributed by atoms with Crippen molar-refractivity contribution in [2.45, 2.75) is 37.8 Å². The van der Waals surface area contributed by atoms with E-state index in [0.29, 0.717) is 0 Å². The second kappa shape index (κ2) is 5.80. The minimum atomic E-state index is -1.05. The van der Waals surface area contributed by atoms with Crippen molar-refractivity contribution in [3.63, 3.8) is 0 Å². The van der Waals surface area contributed by atoms with Crippen LogP contribution >= 0.6 is 11.6 Å². The molecule has 1 saturated carbocycles. The molecular weight excluding hydrogens is 220 g/mol. The fraction of sp³-hybridized carbons (Fsp3) is 0.778. The molecule has 0 spiro atoms. The van der Waals surface area contributed by atoms with Crippen LogP contribution in [0, 0.1) is 0 Å². The van der Waals surface area contributed by atoms with Crippen LogP contribution in [0.25, 0.3) is 0 Å². The number of nitrogens with one attached hydrogen (secondary N) is 2. The molecule has 0 heterocycles. The first kappa shape index (κ1) is 12.1. The second-order valence-corrected chi connectivity index (χ2v) is 3.92. The van der Waals surface area contributed by atoms with Crippen LogP contribution in [0.15, 0.2) is 0 Å². The lowest BCUT2D eigenvalue weighted by Gasteiger charge is -2.31. The number of rotatable bonds is 3. The highest BCUT2D eigenvalue weighted by atomic mass is 35.5. The van der Waals surface area contributed by atoms with Crippen molar-refractivity contribution in [2.24, 2.45) is 0 Å². The van der Waals surface area contributed by atoms with Gasteiger partial charge in [-0.1, -0.05) is 12.8 Å². The summed E-state index contributed by atoms with van der Waals surface area (Å²) in [6.07, 6.45) is 2.50. The van der Waals surface area contributed by atoms with Gasteiger partial charge in [-0.3, -0.25) is 4.79 Å². The molecule has 0 radical (unpaired) electrons. The minimum absolute atomic E-state index is 0.0870. The Balaban J connectivity index is 2.49. The Morgan fingerprint density at radius 3 is 2.20 bits per heavy atom. The van der Waals surface area contributed by atoms with Gasteiger partial charge in [0.15, 0.2) is 0 Å². The Morgan fingerprint density at radius 1 is 1.20 bits per heavy atom. The van der Waals surface area contributed by atoms with Gasteiger partial charge in [0.05, 0.1) is 6.04 Å². The molecule has 0 aliphatic heterocycles. The second-order valence-electron chi connectivity index (χ2n) is 3.65. The first-order chi connectivity index (χ1) is 7.13. The highest BCUT2D eigenvalue weighted by Gasteiger charge is 2.27. The first-order valence-corrected chi connectivity index (χ1v) is 5.51. The number of carboxylic acid groups (broad SMARTS) is 1. The summed E-state index contributed by atoms with van der Waals surface area (Å²) in [6.45, 7) is 0. The van der Waals surface area contributed by atoms with Gasteiger partial charge in [0.25, 0.3) is 0 Å². The average molecular weight is 235 g/mol. The molecule has 5 nitrogen and oxygen atoms in total. The van der Waals surface area contributed by atoms with Gasteiger partial charge in [-0.15, -0.1) is 11.6 Å². The van der Waals surface area contributed by atoms with Crippen molar-refractivity contribution >= 4 is 23.6 Å². The number of carbonyl (C=O) groups is 2. The molecule has 1 rings (SSSR count). The van der Waals surface area contributed by atoms with Gasteiger partial charge in [-0.25, -0.2) is 4.79 Å². The third kappa shape index (κ3) is 3.95. The lowest BCUT2D eigenvalue weighted by Crippen LogP contribution is -2.53. The highest BCUT2D eigenvalue weighted by molar-refractivity contribution is 6.27. The van der Waals surface area contributed by atoms with Crippen molar-refractivity contribution in [3.05, 3.63) is 0 Å². The molecule has 1 fully saturated rings. The zero-order valence-electron chi connectivity index (χ0n) is 8.33. The topological polar surface area (TPSA) is 78.4 Å². The Kier molecular flexibility index (Phi) is 4.68. The van der Waals surface area contributed by atoms with E-state index in [1.54, 1.807) is 0 Å². The van der Waals surface area contributed by atoms with Crippen LogP contribution in [0.3, 0.4) is 0 Å². The van der Waals surface area contributed by atoms with E-state index >= 15 is 0 Å². The molecule has 2 amide bonds. The van der Waals surface area contributed by atoms with Crippen LogP contribution in [0.1, 0.15) is 25.7 Å². The summed E-state index contributed by atoms with van der Waals surface area (Å²) >= 11 is 5.38. The van der Waals surface area contributed by atoms with Crippen LogP contribution in [-0.4, -0.2) is 35.1 Å². The molecule has 86 valence electrons. The van der Waals surface area contributed by atoms with E-state index in [2.05, 4.69) is 10.6 Å². The fourth-order valence-corrected chi connectivity index (χ4v) is 1.96. The van der Waals surface area contributed by atoms with Gasteiger partial charge in [-0.05, 0) is 12.8 Å². The Bertz CT molecular complexity index is 248. The summed E-state index contributed by atoms with van der Waals surface area (Å²) in [5.74, 6) is -0.336. The number of amides is 2. The first-order valence-electron chi connectivity index (χ1n) is 4.98. The maximum atomic E-state index is 11.1. The van der Waals surface area contributed by atoms with Gasteiger partial charge >= 0.3 is 6.09 Å². The summed E-state index contributed by atoms with van der Waals surface area (Å²) in [5, 5.41) is 13.8. The Labute approximate surface area is 93.2 Å². The van der Waals surface area contributed by atoms with Gasteiger partial charge in [0.2, 0.25) is 5.91 Å². The fourth-order valence-electron chi connectivity index (χ4n) is 1.88. The van der Waals surface area contributed by atoms with Crippen LogP contribution < -0.4 is 10.6 Å². The summed E-state index contributed by atoms with van der Waals surface area (Å²) < 4.78 is 0. The largest absolute Gasteiger partial charge is 0.465 e. The van der Waals surface area contributed by atoms with Gasteiger partial charge in [-0.2, -0.15) is 0 Å². The van der Waals surface area contributed by atoms with Crippen molar-refractivity contribution < 1.29 is 14.7 Å². The molecular formula is C9H15ClN2O3. The summed E-state index contributed by atoms with van der Waals surface area (Å²) in [4.78, 5) is 21.6. The van der Waals surface area contributed by atoms with Crippen LogP contribution in [0.4, 0.5) is 4.79 Å². The van der Waals surface area contributed by atoms with E-state index in [1.807, 2.05) is 0 Å². The zero-order chi connectivity index (χ0) is 11.3. The third-order valence-corrected chi connectivity index (χ3v) is 2.79. The average Bonchev–Trinajstić information content (AvgIpc) is 2.20. The molecule has 2 atom stereocenters. The van der Waals surface area contributed by atoms with E-state index in [4.69, 9.17) is 16.7 Å². The van der Waals surface area contributed by atoms with E-state index in [9.17, 15) is 9.59 Å². The normalized spacial score (nSPS) is 25.7. The molecule has 0 aromatic rings. The Hall–Kier alpha value is -0.970. The number of alkyl halides is 1. The summed E-state index contributed by atoms with van der Waals surface area (Å²) in [6, 6.07) is -0.315. The predicted octanol–water partition coefficient (Wildman–Crippen LogP) is 0.920. The lowest BCUT2D eigenvalue weighted by molar-refractivity contribution is -0.119. The maximum absolute atomic E-state index is 11.1. The Morgan fingerprint density at radius 2 is 1.73 bits per heavy atom. The lowest BCUT2D eigenvalue weighted by atomic mass is 9.90. The number of carbonyl (C=O) groups excluding carboxylic acids is 1. The van der Waals surface area contributed by atoms with E-state index in [1.165, 1.54) is 0 Å². The molecule has 15 heavy (non-hydrogen) atoms. The molecule has 0 bridgehead atoms. The van der Waals surface area contributed by atoms with Gasteiger partial charge in [0.1, 0.15) is 5.88 Å². The summed E-state index contributed by atoms with van der Waals surface area (Å²) in [5.41, 5.74) is 0. The van der Waals surface area contributed by atoms with Crippen LogP contribution in [-0.2, 0) is 4.79 Å². The van der Waals surface area contributed by atoms with Crippen molar-refractivity contribution in [2.75, 3.05) is 5.88 Å². The molecule has 1 aliphatic carbocycles. The minimum Gasteiger partial charge on any atom is -0.465 e. The predicted molar refractivity (Wildman–Crippen MR) is 56.1 cm³/mol. The quantitative estimate of drug-likeness (QED) is 0.636. The molecule has 6 heteroatoms. The molecule has 0 aromatic heterocycles. The van der Waals surface area contributed by atoms with E-state index in [-0.39, 0.29) is 23.9 Å². The monoisotopic (exact) mass is 234 g/mol. The summed E-state index contributed by atoms with van der Waals surface area (Å²) in [7, 11) is 0. The highest BCUT2D eigenvalue weighted by Crippen LogP contribution is 2.18. The van der Waals surface area contributed by atoms with Crippen molar-refractivity contribution in [3.8, 4) is 0 Å². The van der Waals surface area contributed by atoms with Gasteiger partial charge < -0.3 is 15.7 Å². The zero-order valence-corrected chi connectivity index (χ0v) is 9.09. The van der Waals surface area contributed by atoms with Crippen molar-refractivity contribution in [1.82, 2.24) is 10.6 Å². The number of halogens is 1. The number of hydrogen-bond acceptors (Lipinski definition) is 2. The molecule has 1 aliphatic rings. The molecule has 2 unspecified atom stereocenters. The SMILES string of the molecule is O=C(O)NC1CCCCC1NC(=O)CCl. The maximum Gasteiger partial charge on any atom is 0.404 e. The third-order valence-electron chi connectivity index (χ3n) is 2.54. The van der Waals surface area contributed by atoms with Crippen LogP contribution in [0.2, 0.25) is 0 Å². The number of hydrogen-bond donors (Lipinski definition) is 3. The van der Waals surface area contributed by atoms with E-state index in [0.717, 1.165) is 25.7 Å². The van der Waals surface area contributed by atoms with E-state index < -0.39 is 6.09 Å².